The number of nitrogens with one attached hydrogen (secondary N) is 2. The van der Waals surface area contributed by atoms with Gasteiger partial charge in [-0.25, -0.2) is 4.79 Å². The van der Waals surface area contributed by atoms with Crippen LogP contribution in [0.1, 0.15) is 31.7 Å². The lowest BCUT2D eigenvalue weighted by Gasteiger charge is -2.09. The van der Waals surface area contributed by atoms with Crippen molar-refractivity contribution in [2.45, 2.75) is 18.8 Å². The van der Waals surface area contributed by atoms with Crippen molar-refractivity contribution in [2.75, 3.05) is 27.0 Å². The van der Waals surface area contributed by atoms with Crippen molar-refractivity contribution in [3.8, 4) is 0 Å². The molecule has 5 nitrogen and oxygen atoms in total. The van der Waals surface area contributed by atoms with Crippen molar-refractivity contribution < 1.29 is 32.9 Å². The number of ether oxygens (including phenoxy) is 1. The Hall–Kier alpha value is -2.01. The number of fused-ring (bicyclic) bond motifs is 1. The number of H-pyrrole nitrogens is 1. The highest BCUT2D eigenvalue weighted by atomic mass is 16.6. The fraction of sp³-hybridized carbons (Fsp3) is 0.438. The average molecular weight is 304 g/mol. The van der Waals surface area contributed by atoms with Crippen molar-refractivity contribution in [3.05, 3.63) is 35.5 Å². The standard InChI is InChI=1S/C16H21N3O2/c1-19(2)6-5-12-9-17-15-4-3-11(8-14(12)15)7-13-10-21-16(20)18-13/h3-4,8-9,13,17H,5-7,10H2,1-2H3,(H,18,20)/t13-/m0/s1/i1D3,2D3,5D2,6D2,7D2,9D,10D2/hD2. The van der Waals surface area contributed by atoms with Gasteiger partial charge in [0.1, 0.15) is 6.56 Å². The summed E-state index contributed by atoms with van der Waals surface area (Å²) in [6.45, 7) is -14.2. The van der Waals surface area contributed by atoms with Crippen LogP contribution in [0.4, 0.5) is 4.79 Å². The minimum absolute atomic E-state index is 0.0564. The molecular formula is C16H21N3O2. The second kappa shape index (κ2) is 5.77. The number of hydrogen-bond donors (Lipinski definition) is 2. The van der Waals surface area contributed by atoms with E-state index in [1.807, 2.05) is 0 Å². The summed E-state index contributed by atoms with van der Waals surface area (Å²) >= 11 is 0. The molecule has 1 atom stereocenters. The molecule has 1 aromatic carbocycles. The van der Waals surface area contributed by atoms with Gasteiger partial charge in [0.05, 0.1) is 10.2 Å². The molecule has 0 aliphatic carbocycles. The van der Waals surface area contributed by atoms with Crippen LogP contribution in [0.5, 0.6) is 0 Å². The maximum atomic E-state index is 11.7. The number of aromatic nitrogens is 1. The number of nitrogens with zero attached hydrogens (tertiary/aromatic N) is 1. The number of rotatable bonds is 5. The van der Waals surface area contributed by atoms with E-state index in [4.69, 9.17) is 23.4 Å². The van der Waals surface area contributed by atoms with Gasteiger partial charge in [-0.05, 0) is 50.0 Å². The second-order valence-corrected chi connectivity index (χ2v) is 4.06. The van der Waals surface area contributed by atoms with Crippen LogP contribution < -0.4 is 5.31 Å². The number of benzene rings is 1. The van der Waals surface area contributed by atoms with E-state index in [1.54, 1.807) is 0 Å². The highest BCUT2D eigenvalue weighted by molar-refractivity contribution is 5.84. The van der Waals surface area contributed by atoms with Crippen molar-refractivity contribution in [1.82, 2.24) is 15.2 Å². The number of alkyl carbamates (subject to hydrolysis) is 1. The van der Waals surface area contributed by atoms with Gasteiger partial charge in [0.2, 0.25) is 0 Å². The van der Waals surface area contributed by atoms with E-state index in [-0.39, 0.29) is 10.8 Å². The molecule has 1 aliphatic heterocycles. The van der Waals surface area contributed by atoms with Gasteiger partial charge in [-0.1, -0.05) is 6.07 Å². The third-order valence-corrected chi connectivity index (χ3v) is 2.64. The molecule has 0 unspecified atom stereocenters. The first-order chi connectivity index (χ1) is 16.8. The molecule has 3 rings (SSSR count). The molecule has 5 heteroatoms. The topological polar surface area (TPSA) is 57.4 Å². The maximum absolute atomic E-state index is 11.7. The van der Waals surface area contributed by atoms with Crippen LogP contribution in [0.3, 0.4) is 0 Å². The molecule has 0 radical (unpaired) electrons. The van der Waals surface area contributed by atoms with Crippen LogP contribution in [0.25, 0.3) is 10.9 Å². The number of carbonyl (C=O) groups is 1. The van der Waals surface area contributed by atoms with E-state index in [1.165, 1.54) is 0 Å². The number of aromatic amines is 1. The zero-order chi connectivity index (χ0) is 29.6. The Morgan fingerprint density at radius 2 is 2.57 bits per heavy atom. The van der Waals surface area contributed by atoms with E-state index >= 15 is 0 Å². The Labute approximate surface area is 148 Å². The Balaban J connectivity index is 2.29. The number of aryl methyl sites for hydroxylation is 1. The van der Waals surface area contributed by atoms with Crippen LogP contribution in [-0.2, 0) is 17.5 Å². The Morgan fingerprint density at radius 1 is 1.67 bits per heavy atom. The normalized spacial score (nSPS) is 36.2. The highest BCUT2D eigenvalue weighted by Gasteiger charge is 2.22. The van der Waals surface area contributed by atoms with Crippen molar-refractivity contribution in [3.63, 3.8) is 0 Å². The monoisotopic (exact) mass is 304 g/mol. The van der Waals surface area contributed by atoms with Crippen LogP contribution >= 0.6 is 0 Å². The summed E-state index contributed by atoms with van der Waals surface area (Å²) in [5.41, 5.74) is -1.74. The zero-order valence-electron chi connectivity index (χ0n) is 27.5. The SMILES string of the molecule is [2H]c1c(C([2H])([2H])C([2H])([2H])N(C([2H])([2H])[2H])C([2H])([2H])[2H])c2cc(C([2H])([2H])[C@@H]3N([2H])C(=O)OC3([2H])[2H])ccc2n1[2H]. The lowest BCUT2D eigenvalue weighted by atomic mass is 10.0. The van der Waals surface area contributed by atoms with E-state index in [0.29, 0.717) is 4.98 Å². The fourth-order valence-corrected chi connectivity index (χ4v) is 1.79. The minimum atomic E-state index is -3.84. The predicted octanol–water partition coefficient (Wildman–Crippen LogP) is 1.92. The molecule has 0 bridgehead atoms. The Kier molecular flexibility index (Phi) is 1.17. The zero-order valence-corrected chi connectivity index (χ0v) is 10.5. The van der Waals surface area contributed by atoms with Crippen LogP contribution in [-0.4, -0.2) is 49.0 Å². The predicted molar refractivity (Wildman–Crippen MR) is 82.5 cm³/mol. The average Bonchev–Trinajstić information content (AvgIpc) is 3.06. The summed E-state index contributed by atoms with van der Waals surface area (Å²) in [4.78, 5) is 11.4. The summed E-state index contributed by atoms with van der Waals surface area (Å²) in [5, 5.41) is -0.544. The summed E-state index contributed by atoms with van der Waals surface area (Å²) in [6.07, 6.45) is -8.98. The van der Waals surface area contributed by atoms with Gasteiger partial charge < -0.3 is 19.9 Å². The first-order valence-electron chi connectivity index (χ1n) is 14.2. The Bertz CT molecular complexity index is 1250. The first-order valence-corrected chi connectivity index (χ1v) is 5.78. The molecule has 0 saturated carbocycles. The largest absolute Gasteiger partial charge is 0.447 e. The highest BCUT2D eigenvalue weighted by Crippen LogP contribution is 2.21. The molecule has 21 heavy (non-hydrogen) atoms. The van der Waals surface area contributed by atoms with Crippen LogP contribution in [0.15, 0.2) is 24.4 Å². The molecule has 1 amide bonds. The van der Waals surface area contributed by atoms with Gasteiger partial charge in [0.15, 0.2) is 2.82 Å². The summed E-state index contributed by atoms with van der Waals surface area (Å²) in [6, 6.07) is 0.713. The second-order valence-electron chi connectivity index (χ2n) is 4.06. The van der Waals surface area contributed by atoms with E-state index in [9.17, 15) is 4.79 Å². The summed E-state index contributed by atoms with van der Waals surface area (Å²) in [5.74, 6) is 0. The van der Waals surface area contributed by atoms with Gasteiger partial charge in [0.25, 0.3) is 0 Å². The lowest BCUT2D eigenvalue weighted by molar-refractivity contribution is 0.177. The van der Waals surface area contributed by atoms with Gasteiger partial charge >= 0.3 is 6.09 Å². The van der Waals surface area contributed by atoms with Gasteiger partial charge in [-0.2, -0.15) is 0 Å². The number of cyclic esters (lactones) is 1. The third-order valence-electron chi connectivity index (χ3n) is 2.64. The molecule has 2 N–H and O–H groups in total. The molecule has 2 aromatic rings. The summed E-state index contributed by atoms with van der Waals surface area (Å²) < 4.78 is 140. The molecule has 2 heterocycles. The molecule has 1 saturated heterocycles. The fourth-order valence-electron chi connectivity index (χ4n) is 1.79. The van der Waals surface area contributed by atoms with Crippen molar-refractivity contribution >= 4 is 17.0 Å². The molecule has 112 valence electrons. The number of hydrogen-bond acceptors (Lipinski definition) is 3. The van der Waals surface area contributed by atoms with Crippen molar-refractivity contribution in [1.29, 1.82) is 0 Å². The van der Waals surface area contributed by atoms with Crippen molar-refractivity contribution in [2.24, 2.45) is 0 Å². The number of amides is 1. The quantitative estimate of drug-likeness (QED) is 0.887. The van der Waals surface area contributed by atoms with E-state index in [0.717, 1.165) is 18.2 Å². The van der Waals surface area contributed by atoms with Gasteiger partial charge in [-0.3, -0.25) is 0 Å². The van der Waals surface area contributed by atoms with Crippen LogP contribution in [0.2, 0.25) is 2.82 Å². The summed E-state index contributed by atoms with van der Waals surface area (Å²) in [7, 11) is 0. The number of likely N-dealkylation sites (N-methyl/N-ethyl adjacent to an activating group) is 1. The van der Waals surface area contributed by atoms with Crippen LogP contribution in [0, 0.1) is 0 Å². The van der Waals surface area contributed by atoms with Gasteiger partial charge in [0, 0.05) is 40.0 Å². The van der Waals surface area contributed by atoms with E-state index in [2.05, 4.69) is 4.74 Å². The number of carbonyl (C=O) groups excluding carboxylic acids is 1. The molecule has 1 aliphatic rings. The molecule has 1 fully saturated rings. The minimum Gasteiger partial charge on any atom is -0.447 e. The molecular weight excluding hydrogens is 266 g/mol. The smallest absolute Gasteiger partial charge is 0.407 e. The Morgan fingerprint density at radius 3 is 3.33 bits per heavy atom. The molecule has 1 aromatic heterocycles. The van der Waals surface area contributed by atoms with Gasteiger partial charge in [-0.15, -0.1) is 0 Å². The lowest BCUT2D eigenvalue weighted by Crippen LogP contribution is -2.28. The maximum Gasteiger partial charge on any atom is 0.407 e. The van der Waals surface area contributed by atoms with E-state index < -0.39 is 79.5 Å². The molecule has 0 spiro atoms. The first kappa shape index (κ1) is 4.26. The third kappa shape index (κ3) is 3.19.